The van der Waals surface area contributed by atoms with E-state index in [1.165, 1.54) is 0 Å². The van der Waals surface area contributed by atoms with Crippen molar-refractivity contribution in [2.75, 3.05) is 0 Å². The first-order valence-electron chi connectivity index (χ1n) is 3.27. The van der Waals surface area contributed by atoms with Crippen molar-refractivity contribution in [1.82, 2.24) is 0 Å². The van der Waals surface area contributed by atoms with Crippen molar-refractivity contribution in [3.63, 3.8) is 0 Å². The van der Waals surface area contributed by atoms with E-state index in [0.29, 0.717) is 0 Å². The van der Waals surface area contributed by atoms with E-state index in [9.17, 15) is 0 Å². The van der Waals surface area contributed by atoms with Crippen LogP contribution in [0, 0.1) is 43.2 Å². The summed E-state index contributed by atoms with van der Waals surface area (Å²) in [6.07, 6.45) is 11.7. The molecule has 0 saturated carbocycles. The summed E-state index contributed by atoms with van der Waals surface area (Å²) in [6, 6.07) is 0. The van der Waals surface area contributed by atoms with E-state index in [1.807, 2.05) is 19.1 Å². The van der Waals surface area contributed by atoms with Crippen LogP contribution in [0.4, 0.5) is 0 Å². The van der Waals surface area contributed by atoms with Gasteiger partial charge in [0.2, 0.25) is 0 Å². The molecular formula is C15H29Os-. The minimum Gasteiger partial charge on any atom is -1.00 e. The van der Waals surface area contributed by atoms with Crippen LogP contribution < -0.4 is 0 Å². The zero-order valence-electron chi connectivity index (χ0n) is 12.8. The molecule has 0 radical (unpaired) electrons. The van der Waals surface area contributed by atoms with Gasteiger partial charge in [0.05, 0.1) is 0 Å². The van der Waals surface area contributed by atoms with Crippen molar-refractivity contribution < 1.29 is 21.2 Å². The summed E-state index contributed by atoms with van der Waals surface area (Å²) < 4.78 is 0. The second kappa shape index (κ2) is 36.5. The molecule has 0 spiro atoms. The Bertz CT molecular complexity index is 160. The molecule has 0 aromatic carbocycles. The first kappa shape index (κ1) is 45.0. The molecule has 0 aliphatic heterocycles. The maximum Gasteiger partial charge on any atom is 6.00 e. The van der Waals surface area contributed by atoms with Gasteiger partial charge in [-0.2, -0.15) is 6.08 Å². The third-order valence-electron chi connectivity index (χ3n) is 0.934. The van der Waals surface area contributed by atoms with Crippen LogP contribution >= 0.6 is 0 Å². The van der Waals surface area contributed by atoms with Crippen molar-refractivity contribution in [2.24, 2.45) is 0 Å². The fourth-order valence-electron chi connectivity index (χ4n) is 0.340. The predicted octanol–water partition coefficient (Wildman–Crippen LogP) is 5.42. The van der Waals surface area contributed by atoms with Gasteiger partial charge >= 0.3 is 19.8 Å². The summed E-state index contributed by atoms with van der Waals surface area (Å²) in [5, 5.41) is 0. The summed E-state index contributed by atoms with van der Waals surface area (Å²) in [6.45, 7) is 8.93. The molecule has 0 fully saturated rings. The zero-order chi connectivity index (χ0) is 7.82. The van der Waals surface area contributed by atoms with Gasteiger partial charge in [-0.15, -0.1) is 6.42 Å². The molecule has 0 aromatic rings. The Labute approximate surface area is 121 Å². The maximum absolute atomic E-state index is 3.56. The van der Waals surface area contributed by atoms with Gasteiger partial charge in [0, 0.05) is 0 Å². The summed E-state index contributed by atoms with van der Waals surface area (Å²) in [4.78, 5) is 0. The van der Waals surface area contributed by atoms with E-state index in [0.717, 1.165) is 12.0 Å². The van der Waals surface area contributed by atoms with Crippen LogP contribution in [0.1, 0.15) is 14.8 Å². The maximum atomic E-state index is 3.56. The zero-order valence-corrected chi connectivity index (χ0v) is 14.3. The second-order valence-electron chi connectivity index (χ2n) is 2.05. The molecule has 1 aliphatic carbocycles. The van der Waals surface area contributed by atoms with Gasteiger partial charge in [0.1, 0.15) is 0 Å². The number of hydrogen-bond donors (Lipinski definition) is 0. The van der Waals surface area contributed by atoms with Gasteiger partial charge in [-0.1, -0.05) is 24.8 Å². The fraction of sp³-hybridized carbons (Fsp3) is 0.133. The molecule has 0 aromatic heterocycles. The molecule has 0 amide bonds. The van der Waals surface area contributed by atoms with Crippen LogP contribution in [0.15, 0.2) is 43.0 Å². The van der Waals surface area contributed by atoms with Crippen molar-refractivity contribution in [2.45, 2.75) is 13.3 Å². The van der Waals surface area contributed by atoms with Crippen molar-refractivity contribution in [3.05, 3.63) is 86.2 Å². The van der Waals surface area contributed by atoms with Crippen molar-refractivity contribution in [3.8, 4) is 0 Å². The van der Waals surface area contributed by atoms with Crippen molar-refractivity contribution in [1.29, 1.82) is 0 Å². The van der Waals surface area contributed by atoms with Crippen LogP contribution in [0.5, 0.6) is 0 Å². The van der Waals surface area contributed by atoms with E-state index < -0.39 is 0 Å². The number of hydrogen-bond acceptors (Lipinski definition) is 0. The van der Waals surface area contributed by atoms with Gasteiger partial charge < -0.3 is 38.6 Å². The quantitative estimate of drug-likeness (QED) is 0.408. The smallest absolute Gasteiger partial charge is 1.00 e. The minimum atomic E-state index is 0. The van der Waals surface area contributed by atoms with Gasteiger partial charge in [0.25, 0.3) is 0 Å². The summed E-state index contributed by atoms with van der Waals surface area (Å²) in [5.74, 6) is 0. The average molecular weight is 400 g/mol. The summed E-state index contributed by atoms with van der Waals surface area (Å²) >= 11 is 0. The molecule has 1 rings (SSSR count). The number of allylic oxidation sites excluding steroid dienone is 6. The topological polar surface area (TPSA) is 0 Å². The van der Waals surface area contributed by atoms with E-state index in [1.54, 1.807) is 6.08 Å². The molecule has 0 nitrogen and oxygen atoms in total. The largest absolute Gasteiger partial charge is 6.00 e. The predicted molar refractivity (Wildman–Crippen MR) is 79.8 cm³/mol. The van der Waals surface area contributed by atoms with Crippen LogP contribution in [-0.4, -0.2) is 0 Å². The molecule has 0 saturated heterocycles. The molecule has 0 bridgehead atoms. The third kappa shape index (κ3) is 49.6. The standard InChI is InChI=1S/C5H5.C5H8.5CH3.Os.H/c1-2-4-5-3-1;1-4-5(2)3;;;;;;;/h1-3H,4H2;4H,1-2H2,3H3;5*1H3;;/q-1;;5*-1;+6;-1. The molecule has 16 heavy (non-hydrogen) atoms. The minimum absolute atomic E-state index is 0. The first-order valence-corrected chi connectivity index (χ1v) is 3.27. The molecule has 0 N–H and O–H groups in total. The van der Waals surface area contributed by atoms with Crippen LogP contribution in [0.25, 0.3) is 0 Å². The van der Waals surface area contributed by atoms with E-state index in [2.05, 4.69) is 25.3 Å². The van der Waals surface area contributed by atoms with E-state index in [-0.39, 0.29) is 58.4 Å². The summed E-state index contributed by atoms with van der Waals surface area (Å²) in [5.41, 5.74) is 1.02. The van der Waals surface area contributed by atoms with Gasteiger partial charge in [0.15, 0.2) is 0 Å². The van der Waals surface area contributed by atoms with Crippen LogP contribution in [0.2, 0.25) is 0 Å². The average Bonchev–Trinajstić information content (AvgIpc) is 2.43. The number of rotatable bonds is 1. The SMILES string of the molecule is C=CC(=C)C.[C-]1=CC=CC1.[CH3-].[CH3-].[CH3-].[CH3-].[CH3-].[H-].[Os+6]. The van der Waals surface area contributed by atoms with Gasteiger partial charge in [-0.05, 0) is 6.92 Å². The molecule has 98 valence electrons. The Morgan fingerprint density at radius 2 is 1.62 bits per heavy atom. The monoisotopic (exact) mass is 401 g/mol. The molecule has 0 heterocycles. The third-order valence-corrected chi connectivity index (χ3v) is 0.934. The normalized spacial score (nSPS) is 7.56. The Morgan fingerprint density at radius 3 is 1.69 bits per heavy atom. The molecular weight excluding hydrogens is 370 g/mol. The second-order valence-corrected chi connectivity index (χ2v) is 2.05. The molecule has 0 unspecified atom stereocenters. The van der Waals surface area contributed by atoms with E-state index >= 15 is 0 Å². The van der Waals surface area contributed by atoms with E-state index in [4.69, 9.17) is 0 Å². The van der Waals surface area contributed by atoms with Crippen molar-refractivity contribution >= 4 is 0 Å². The Kier molecular flexibility index (Phi) is 103. The Morgan fingerprint density at radius 1 is 1.25 bits per heavy atom. The van der Waals surface area contributed by atoms with Crippen LogP contribution in [0.3, 0.4) is 0 Å². The van der Waals surface area contributed by atoms with Gasteiger partial charge in [-0.25, -0.2) is 12.2 Å². The Hall–Kier alpha value is -0.404. The fourth-order valence-corrected chi connectivity index (χ4v) is 0.340. The Balaban J connectivity index is -0.0000000112. The van der Waals surface area contributed by atoms with Crippen LogP contribution in [-0.2, 0) is 19.8 Å². The molecule has 1 heteroatoms. The first-order chi connectivity index (χ1) is 4.77. The molecule has 1 aliphatic rings. The molecule has 0 atom stereocenters. The van der Waals surface area contributed by atoms with Gasteiger partial charge in [-0.3, -0.25) is 6.08 Å². The summed E-state index contributed by atoms with van der Waals surface area (Å²) in [7, 11) is 0.